The number of anilines is 1. The van der Waals surface area contributed by atoms with Crippen molar-refractivity contribution in [1.29, 1.82) is 0 Å². The predicted octanol–water partition coefficient (Wildman–Crippen LogP) is 5.25. The van der Waals surface area contributed by atoms with E-state index in [4.69, 9.17) is 0 Å². The Balaban J connectivity index is 1.86. The van der Waals surface area contributed by atoms with E-state index in [1.165, 1.54) is 17.4 Å². The molecule has 2 aromatic heterocycles. The fourth-order valence-electron chi connectivity index (χ4n) is 1.98. The first kappa shape index (κ1) is 15.2. The number of alkyl halides is 3. The summed E-state index contributed by atoms with van der Waals surface area (Å²) >= 11 is 2.92. The molecule has 0 spiro atoms. The van der Waals surface area contributed by atoms with Gasteiger partial charge in [-0.1, -0.05) is 11.3 Å². The molecule has 0 aliphatic heterocycles. The number of aryl methyl sites for hydroxylation is 1. The number of hydrogen-bond donors (Lipinski definition) is 1. The van der Waals surface area contributed by atoms with E-state index in [9.17, 15) is 13.2 Å². The summed E-state index contributed by atoms with van der Waals surface area (Å²) in [7, 11) is 0. The summed E-state index contributed by atoms with van der Waals surface area (Å²) in [5.74, 6) is 0. The highest BCUT2D eigenvalue weighted by Crippen LogP contribution is 2.35. The van der Waals surface area contributed by atoms with Gasteiger partial charge in [-0.3, -0.25) is 0 Å². The molecule has 0 amide bonds. The lowest BCUT2D eigenvalue weighted by atomic mass is 10.2. The molecular formula is C14H12F3N3S2. The van der Waals surface area contributed by atoms with E-state index >= 15 is 0 Å². The average molecular weight is 343 g/mol. The number of fused-ring (bicyclic) bond motifs is 1. The number of rotatable bonds is 3. The molecule has 0 aliphatic rings. The highest BCUT2D eigenvalue weighted by atomic mass is 32.1. The first-order valence-corrected chi connectivity index (χ1v) is 8.13. The molecule has 3 rings (SSSR count). The Morgan fingerprint density at radius 3 is 2.64 bits per heavy atom. The lowest BCUT2D eigenvalue weighted by molar-refractivity contribution is -0.137. The number of benzene rings is 1. The van der Waals surface area contributed by atoms with Crippen LogP contribution in [0.2, 0.25) is 0 Å². The molecule has 8 heteroatoms. The average Bonchev–Trinajstić information content (AvgIpc) is 3.02. The van der Waals surface area contributed by atoms with Crippen molar-refractivity contribution in [3.05, 3.63) is 39.8 Å². The zero-order valence-corrected chi connectivity index (χ0v) is 13.4. The summed E-state index contributed by atoms with van der Waals surface area (Å²) in [4.78, 5) is 9.65. The molecule has 1 atom stereocenters. The van der Waals surface area contributed by atoms with Gasteiger partial charge in [0.15, 0.2) is 5.13 Å². The van der Waals surface area contributed by atoms with E-state index < -0.39 is 11.7 Å². The van der Waals surface area contributed by atoms with Crippen LogP contribution in [0.25, 0.3) is 10.2 Å². The summed E-state index contributed by atoms with van der Waals surface area (Å²) in [6.45, 7) is 3.93. The summed E-state index contributed by atoms with van der Waals surface area (Å²) in [5, 5.41) is 4.71. The Morgan fingerprint density at radius 2 is 2.00 bits per heavy atom. The summed E-state index contributed by atoms with van der Waals surface area (Å²) < 4.78 is 38.8. The highest BCUT2D eigenvalue weighted by Gasteiger charge is 2.30. The molecule has 0 aliphatic carbocycles. The number of thiazole rings is 2. The van der Waals surface area contributed by atoms with Crippen molar-refractivity contribution in [2.45, 2.75) is 26.1 Å². The van der Waals surface area contributed by atoms with E-state index in [1.54, 1.807) is 17.5 Å². The standard InChI is InChI=1S/C14H12F3N3S2/c1-7-6-18-12(21-7)8(2)19-13-20-10-5-9(14(15,16)17)3-4-11(10)22-13/h3-6,8H,1-2H3,(H,19,20). The van der Waals surface area contributed by atoms with E-state index in [1.807, 2.05) is 13.8 Å². The molecule has 3 aromatic rings. The van der Waals surface area contributed by atoms with Gasteiger partial charge in [0.2, 0.25) is 0 Å². The minimum absolute atomic E-state index is 0.0404. The third-order valence-corrected chi connectivity index (χ3v) is 5.13. The van der Waals surface area contributed by atoms with Gasteiger partial charge in [-0.05, 0) is 32.0 Å². The maximum atomic E-state index is 12.7. The van der Waals surface area contributed by atoms with Crippen LogP contribution < -0.4 is 5.32 Å². The smallest absolute Gasteiger partial charge is 0.353 e. The molecule has 0 bridgehead atoms. The van der Waals surface area contributed by atoms with Crippen molar-refractivity contribution in [3.8, 4) is 0 Å². The fourth-order valence-corrected chi connectivity index (χ4v) is 3.69. The molecule has 0 saturated carbocycles. The Hall–Kier alpha value is -1.67. The van der Waals surface area contributed by atoms with Crippen molar-refractivity contribution in [2.75, 3.05) is 5.32 Å². The number of hydrogen-bond acceptors (Lipinski definition) is 5. The zero-order valence-electron chi connectivity index (χ0n) is 11.7. The Labute approximate surface area is 132 Å². The molecule has 0 saturated heterocycles. The lowest BCUT2D eigenvalue weighted by Gasteiger charge is -2.08. The maximum Gasteiger partial charge on any atom is 0.416 e. The van der Waals surface area contributed by atoms with E-state index in [-0.39, 0.29) is 6.04 Å². The van der Waals surface area contributed by atoms with Gasteiger partial charge in [0.25, 0.3) is 0 Å². The van der Waals surface area contributed by atoms with E-state index in [2.05, 4.69) is 15.3 Å². The number of nitrogens with one attached hydrogen (secondary N) is 1. The number of nitrogens with zero attached hydrogens (tertiary/aromatic N) is 2. The monoisotopic (exact) mass is 343 g/mol. The fraction of sp³-hybridized carbons (Fsp3) is 0.286. The molecular weight excluding hydrogens is 331 g/mol. The van der Waals surface area contributed by atoms with Gasteiger partial charge in [-0.2, -0.15) is 13.2 Å². The van der Waals surface area contributed by atoms with E-state index in [0.717, 1.165) is 26.7 Å². The van der Waals surface area contributed by atoms with Crippen LogP contribution in [0.15, 0.2) is 24.4 Å². The minimum atomic E-state index is -4.35. The molecule has 2 heterocycles. The van der Waals surface area contributed by atoms with Crippen LogP contribution in [-0.4, -0.2) is 9.97 Å². The summed E-state index contributed by atoms with van der Waals surface area (Å²) in [5.41, 5.74) is -0.328. The Bertz CT molecular complexity index is 807. The van der Waals surface area contributed by atoms with Crippen LogP contribution >= 0.6 is 22.7 Å². The third-order valence-electron chi connectivity index (χ3n) is 3.06. The van der Waals surface area contributed by atoms with Crippen molar-refractivity contribution in [1.82, 2.24) is 9.97 Å². The summed E-state index contributed by atoms with van der Waals surface area (Å²) in [6.07, 6.45) is -2.55. The normalized spacial score (nSPS) is 13.5. The predicted molar refractivity (Wildman–Crippen MR) is 83.5 cm³/mol. The van der Waals surface area contributed by atoms with Gasteiger partial charge in [-0.15, -0.1) is 11.3 Å². The quantitative estimate of drug-likeness (QED) is 0.705. The third kappa shape index (κ3) is 3.07. The van der Waals surface area contributed by atoms with Crippen LogP contribution in [0, 0.1) is 6.92 Å². The van der Waals surface area contributed by atoms with Gasteiger partial charge in [0, 0.05) is 11.1 Å². The van der Waals surface area contributed by atoms with Crippen molar-refractivity contribution in [3.63, 3.8) is 0 Å². The first-order valence-electron chi connectivity index (χ1n) is 6.49. The van der Waals surface area contributed by atoms with Crippen molar-refractivity contribution in [2.24, 2.45) is 0 Å². The Morgan fingerprint density at radius 1 is 1.23 bits per heavy atom. The molecule has 3 nitrogen and oxygen atoms in total. The second-order valence-corrected chi connectivity index (χ2v) is 7.17. The van der Waals surface area contributed by atoms with Gasteiger partial charge >= 0.3 is 6.18 Å². The second-order valence-electron chi connectivity index (χ2n) is 4.87. The van der Waals surface area contributed by atoms with Gasteiger partial charge in [0.05, 0.1) is 21.8 Å². The van der Waals surface area contributed by atoms with Crippen LogP contribution in [0.5, 0.6) is 0 Å². The highest BCUT2D eigenvalue weighted by molar-refractivity contribution is 7.22. The Kier molecular flexibility index (Phi) is 3.82. The van der Waals surface area contributed by atoms with E-state index in [0.29, 0.717) is 10.6 Å². The molecule has 0 fully saturated rings. The molecule has 1 aromatic carbocycles. The minimum Gasteiger partial charge on any atom is -0.353 e. The van der Waals surface area contributed by atoms with Crippen LogP contribution in [0.4, 0.5) is 18.3 Å². The molecule has 1 N–H and O–H groups in total. The van der Waals surface area contributed by atoms with Crippen LogP contribution in [-0.2, 0) is 6.18 Å². The van der Waals surface area contributed by atoms with Gasteiger partial charge < -0.3 is 5.32 Å². The lowest BCUT2D eigenvalue weighted by Crippen LogP contribution is -2.05. The molecule has 22 heavy (non-hydrogen) atoms. The molecule has 116 valence electrons. The molecule has 1 unspecified atom stereocenters. The second kappa shape index (κ2) is 5.51. The topological polar surface area (TPSA) is 37.8 Å². The number of aromatic nitrogens is 2. The van der Waals surface area contributed by atoms with Crippen LogP contribution in [0.1, 0.15) is 28.4 Å². The maximum absolute atomic E-state index is 12.7. The van der Waals surface area contributed by atoms with Gasteiger partial charge in [-0.25, -0.2) is 9.97 Å². The summed E-state index contributed by atoms with van der Waals surface area (Å²) in [6, 6.07) is 3.58. The SMILES string of the molecule is Cc1cnc(C(C)Nc2nc3cc(C(F)(F)F)ccc3s2)s1. The zero-order chi connectivity index (χ0) is 15.9. The largest absolute Gasteiger partial charge is 0.416 e. The van der Waals surface area contributed by atoms with Crippen molar-refractivity contribution >= 4 is 38.0 Å². The number of halogens is 3. The van der Waals surface area contributed by atoms with Crippen LogP contribution in [0.3, 0.4) is 0 Å². The first-order chi connectivity index (χ1) is 10.3. The molecule has 0 radical (unpaired) electrons. The van der Waals surface area contributed by atoms with Crippen molar-refractivity contribution < 1.29 is 13.2 Å². The van der Waals surface area contributed by atoms with Gasteiger partial charge in [0.1, 0.15) is 5.01 Å².